The number of amidine groups is 1. The van der Waals surface area contributed by atoms with Gasteiger partial charge in [0.25, 0.3) is 0 Å². The summed E-state index contributed by atoms with van der Waals surface area (Å²) in [5.41, 5.74) is 7.38. The molecule has 140 valence electrons. The predicted octanol–water partition coefficient (Wildman–Crippen LogP) is 3.36. The van der Waals surface area contributed by atoms with Crippen LogP contribution in [0.4, 0.5) is 0 Å². The van der Waals surface area contributed by atoms with E-state index >= 15 is 0 Å². The molecule has 1 fully saturated rings. The summed E-state index contributed by atoms with van der Waals surface area (Å²) < 4.78 is 0. The first-order chi connectivity index (χ1) is 13.1. The van der Waals surface area contributed by atoms with Crippen LogP contribution in [0.5, 0.6) is 0 Å². The summed E-state index contributed by atoms with van der Waals surface area (Å²) in [6, 6.07) is 20.6. The van der Waals surface area contributed by atoms with Gasteiger partial charge in [0, 0.05) is 12.6 Å². The highest BCUT2D eigenvalue weighted by Gasteiger charge is 2.50. The molecule has 1 amide bonds. The molecule has 0 aromatic heterocycles. The Hall–Kier alpha value is -2.62. The van der Waals surface area contributed by atoms with E-state index in [1.54, 1.807) is 0 Å². The number of carbonyl (C=O) groups is 1. The number of hydrogen-bond donors (Lipinski definition) is 1. The third-order valence-corrected chi connectivity index (χ3v) is 6.40. The summed E-state index contributed by atoms with van der Waals surface area (Å²) >= 11 is 0. The van der Waals surface area contributed by atoms with E-state index in [-0.39, 0.29) is 11.8 Å². The van der Waals surface area contributed by atoms with Gasteiger partial charge in [0.2, 0.25) is 5.91 Å². The summed E-state index contributed by atoms with van der Waals surface area (Å²) in [7, 11) is 0. The molecular formula is C23H27N3O. The Morgan fingerprint density at radius 1 is 1.04 bits per heavy atom. The highest BCUT2D eigenvalue weighted by Crippen LogP contribution is 2.48. The zero-order valence-corrected chi connectivity index (χ0v) is 15.8. The maximum absolute atomic E-state index is 13.1. The second kappa shape index (κ2) is 7.18. The molecule has 4 nitrogen and oxygen atoms in total. The van der Waals surface area contributed by atoms with Crippen molar-refractivity contribution in [3.8, 4) is 0 Å². The van der Waals surface area contributed by atoms with Crippen LogP contribution in [0.15, 0.2) is 65.7 Å². The Kier molecular flexibility index (Phi) is 4.73. The highest BCUT2D eigenvalue weighted by molar-refractivity contribution is 5.91. The molecule has 1 aliphatic carbocycles. The molecule has 2 aromatic carbocycles. The maximum atomic E-state index is 13.1. The monoisotopic (exact) mass is 361 g/mol. The molecule has 27 heavy (non-hydrogen) atoms. The number of hydrogen-bond acceptors (Lipinski definition) is 3. The normalized spacial score (nSPS) is 22.7. The minimum Gasteiger partial charge on any atom is -0.369 e. The molecule has 0 radical (unpaired) electrons. The van der Waals surface area contributed by atoms with Crippen LogP contribution in [0.3, 0.4) is 0 Å². The Bertz CT molecular complexity index is 792. The van der Waals surface area contributed by atoms with Crippen molar-refractivity contribution in [3.05, 3.63) is 71.8 Å². The Morgan fingerprint density at radius 2 is 1.63 bits per heavy atom. The molecule has 2 aromatic rings. The first-order valence-corrected chi connectivity index (χ1v) is 9.82. The first kappa shape index (κ1) is 17.8. The SMILES string of the molecule is CC1=NCCN1[C@@H]1CCC(C(C(N)=O)(c2ccccc2)c2ccccc2)C1. The summed E-state index contributed by atoms with van der Waals surface area (Å²) in [5, 5.41) is 0. The molecule has 1 unspecified atom stereocenters. The molecule has 1 heterocycles. The van der Waals surface area contributed by atoms with E-state index in [2.05, 4.69) is 16.8 Å². The molecule has 2 aliphatic rings. The second-order valence-electron chi connectivity index (χ2n) is 7.69. The van der Waals surface area contributed by atoms with E-state index in [0.29, 0.717) is 6.04 Å². The van der Waals surface area contributed by atoms with Crippen LogP contribution < -0.4 is 5.73 Å². The molecule has 2 atom stereocenters. The third kappa shape index (κ3) is 2.93. The molecular weight excluding hydrogens is 334 g/mol. The van der Waals surface area contributed by atoms with Crippen LogP contribution in [-0.2, 0) is 10.2 Å². The van der Waals surface area contributed by atoms with Gasteiger partial charge in [0.15, 0.2) is 0 Å². The lowest BCUT2D eigenvalue weighted by molar-refractivity contribution is -0.123. The minimum atomic E-state index is -0.790. The zero-order chi connectivity index (χ0) is 18.9. The lowest BCUT2D eigenvalue weighted by Gasteiger charge is -2.38. The molecule has 0 bridgehead atoms. The Morgan fingerprint density at radius 3 is 2.11 bits per heavy atom. The van der Waals surface area contributed by atoms with Gasteiger partial charge in [-0.1, -0.05) is 60.7 Å². The van der Waals surface area contributed by atoms with Gasteiger partial charge in [-0.05, 0) is 43.2 Å². The van der Waals surface area contributed by atoms with E-state index in [9.17, 15) is 4.79 Å². The summed E-state index contributed by atoms with van der Waals surface area (Å²) in [4.78, 5) is 20.1. The van der Waals surface area contributed by atoms with Gasteiger partial charge in [0.05, 0.1) is 12.4 Å². The van der Waals surface area contributed by atoms with Crippen molar-refractivity contribution in [1.29, 1.82) is 0 Å². The molecule has 1 aliphatic heterocycles. The van der Waals surface area contributed by atoms with E-state index < -0.39 is 5.41 Å². The summed E-state index contributed by atoms with van der Waals surface area (Å²) in [6.07, 6.45) is 3.02. The zero-order valence-electron chi connectivity index (χ0n) is 15.8. The minimum absolute atomic E-state index is 0.179. The molecule has 4 heteroatoms. The molecule has 0 saturated heterocycles. The average Bonchev–Trinajstić information content (AvgIpc) is 3.33. The van der Waals surface area contributed by atoms with Gasteiger partial charge in [-0.15, -0.1) is 0 Å². The number of aliphatic imine (C=N–C) groups is 1. The molecule has 1 saturated carbocycles. The van der Waals surface area contributed by atoms with Crippen LogP contribution in [0.2, 0.25) is 0 Å². The van der Waals surface area contributed by atoms with Crippen LogP contribution in [-0.4, -0.2) is 35.8 Å². The van der Waals surface area contributed by atoms with Gasteiger partial charge in [-0.25, -0.2) is 0 Å². The largest absolute Gasteiger partial charge is 0.369 e. The maximum Gasteiger partial charge on any atom is 0.232 e. The Labute approximate surface area is 161 Å². The number of benzene rings is 2. The highest BCUT2D eigenvalue weighted by atomic mass is 16.1. The van der Waals surface area contributed by atoms with Gasteiger partial charge in [-0.2, -0.15) is 0 Å². The van der Waals surface area contributed by atoms with Crippen molar-refractivity contribution in [2.24, 2.45) is 16.6 Å². The third-order valence-electron chi connectivity index (χ3n) is 6.40. The number of amides is 1. The first-order valence-electron chi connectivity index (χ1n) is 9.82. The predicted molar refractivity (Wildman–Crippen MR) is 109 cm³/mol. The van der Waals surface area contributed by atoms with Gasteiger partial charge in [0.1, 0.15) is 5.41 Å². The van der Waals surface area contributed by atoms with Crippen LogP contribution in [0.25, 0.3) is 0 Å². The fraction of sp³-hybridized carbons (Fsp3) is 0.391. The van der Waals surface area contributed by atoms with Crippen molar-refractivity contribution in [1.82, 2.24) is 4.90 Å². The number of carbonyl (C=O) groups excluding carboxylic acids is 1. The second-order valence-corrected chi connectivity index (χ2v) is 7.69. The number of nitrogens with zero attached hydrogens (tertiary/aromatic N) is 2. The number of rotatable bonds is 5. The molecule has 2 N–H and O–H groups in total. The van der Waals surface area contributed by atoms with Gasteiger partial charge in [-0.3, -0.25) is 9.79 Å². The van der Waals surface area contributed by atoms with Crippen LogP contribution in [0, 0.1) is 5.92 Å². The molecule has 4 rings (SSSR count). The standard InChI is InChI=1S/C23H27N3O/c1-17-25-14-15-26(17)21-13-12-20(16-21)23(22(24)27,18-8-4-2-5-9-18)19-10-6-3-7-11-19/h2-11,20-21H,12-16H2,1H3,(H2,24,27)/t20?,21-/m1/s1. The lowest BCUT2D eigenvalue weighted by atomic mass is 9.64. The Balaban J connectivity index is 1.77. The fourth-order valence-electron chi connectivity index (χ4n) is 5.18. The van der Waals surface area contributed by atoms with E-state index in [1.165, 1.54) is 0 Å². The van der Waals surface area contributed by atoms with E-state index in [4.69, 9.17) is 5.73 Å². The van der Waals surface area contributed by atoms with Crippen LogP contribution >= 0.6 is 0 Å². The van der Waals surface area contributed by atoms with E-state index in [1.807, 2.05) is 60.7 Å². The van der Waals surface area contributed by atoms with Gasteiger partial charge >= 0.3 is 0 Å². The van der Waals surface area contributed by atoms with Crippen LogP contribution in [0.1, 0.15) is 37.3 Å². The summed E-state index contributed by atoms with van der Waals surface area (Å²) in [5.74, 6) is 1.06. The van der Waals surface area contributed by atoms with E-state index in [0.717, 1.165) is 49.3 Å². The van der Waals surface area contributed by atoms with Crippen molar-refractivity contribution >= 4 is 11.7 Å². The molecule has 0 spiro atoms. The topological polar surface area (TPSA) is 58.7 Å². The van der Waals surface area contributed by atoms with Crippen molar-refractivity contribution in [2.75, 3.05) is 13.1 Å². The fourth-order valence-corrected chi connectivity index (χ4v) is 5.18. The van der Waals surface area contributed by atoms with Crippen molar-refractivity contribution < 1.29 is 4.79 Å². The van der Waals surface area contributed by atoms with Gasteiger partial charge < -0.3 is 10.6 Å². The smallest absolute Gasteiger partial charge is 0.232 e. The lowest BCUT2D eigenvalue weighted by Crippen LogP contribution is -2.48. The summed E-state index contributed by atoms with van der Waals surface area (Å²) in [6.45, 7) is 3.96. The quantitative estimate of drug-likeness (QED) is 0.888. The number of nitrogens with two attached hydrogens (primary N) is 1. The average molecular weight is 361 g/mol. The van der Waals surface area contributed by atoms with Crippen molar-refractivity contribution in [2.45, 2.75) is 37.6 Å². The number of primary amides is 1. The van der Waals surface area contributed by atoms with Crippen molar-refractivity contribution in [3.63, 3.8) is 0 Å².